The highest BCUT2D eigenvalue weighted by atomic mass is 16.5. The average Bonchev–Trinajstić information content (AvgIpc) is 2.77. The third kappa shape index (κ3) is 4.72. The minimum absolute atomic E-state index is 0.0541. The molecule has 1 aliphatic carbocycles. The van der Waals surface area contributed by atoms with Crippen LogP contribution < -0.4 is 10.1 Å². The molecule has 0 saturated heterocycles. The summed E-state index contributed by atoms with van der Waals surface area (Å²) in [5.41, 5.74) is 3.74. The van der Waals surface area contributed by atoms with E-state index in [4.69, 9.17) is 9.47 Å². The van der Waals surface area contributed by atoms with E-state index in [0.717, 1.165) is 16.8 Å². The van der Waals surface area contributed by atoms with Crippen molar-refractivity contribution in [1.29, 1.82) is 0 Å². The highest BCUT2D eigenvalue weighted by Crippen LogP contribution is 2.49. The van der Waals surface area contributed by atoms with Gasteiger partial charge >= 0.3 is 5.97 Å². The number of ether oxygens (including phenoxy) is 2. The van der Waals surface area contributed by atoms with Gasteiger partial charge in [0.1, 0.15) is 18.3 Å². The Morgan fingerprint density at radius 2 is 1.79 bits per heavy atom. The van der Waals surface area contributed by atoms with Crippen LogP contribution in [0.25, 0.3) is 0 Å². The molecule has 0 radical (unpaired) electrons. The maximum Gasteiger partial charge on any atom is 0.315 e. The zero-order chi connectivity index (χ0) is 23.6. The number of ketones is 1. The molecule has 0 amide bonds. The van der Waals surface area contributed by atoms with Gasteiger partial charge in [0.25, 0.3) is 0 Å². The van der Waals surface area contributed by atoms with E-state index in [2.05, 4.69) is 25.7 Å². The zero-order valence-electron chi connectivity index (χ0n) is 19.5. The van der Waals surface area contributed by atoms with E-state index >= 15 is 0 Å². The molecule has 2 atom stereocenters. The monoisotopic (exact) mass is 445 g/mol. The highest BCUT2D eigenvalue weighted by Gasteiger charge is 2.47. The van der Waals surface area contributed by atoms with Gasteiger partial charge in [-0.05, 0) is 30.4 Å². The van der Waals surface area contributed by atoms with Crippen molar-refractivity contribution in [3.05, 3.63) is 89.3 Å². The van der Waals surface area contributed by atoms with Crippen LogP contribution in [0.2, 0.25) is 0 Å². The number of nitrogens with one attached hydrogen (secondary N) is 1. The molecule has 0 bridgehead atoms. The van der Waals surface area contributed by atoms with E-state index in [9.17, 15) is 9.59 Å². The molecule has 0 spiro atoms. The van der Waals surface area contributed by atoms with Crippen molar-refractivity contribution in [2.24, 2.45) is 11.3 Å². The SMILES string of the molecule is C=C1NC2=C(C(=O)CC(C)(C)C2)C(c2ccccc2OCc2ccccc2)C1C(=O)OCC. The summed E-state index contributed by atoms with van der Waals surface area (Å²) < 4.78 is 11.6. The molecule has 5 heteroatoms. The van der Waals surface area contributed by atoms with Gasteiger partial charge < -0.3 is 14.8 Å². The first kappa shape index (κ1) is 22.8. The first-order valence-electron chi connectivity index (χ1n) is 11.4. The molecule has 2 aromatic rings. The Kier molecular flexibility index (Phi) is 6.41. The number of benzene rings is 2. The molecule has 5 nitrogen and oxygen atoms in total. The molecule has 0 saturated carbocycles. The lowest BCUT2D eigenvalue weighted by Crippen LogP contribution is -2.43. The molecule has 2 aliphatic rings. The van der Waals surface area contributed by atoms with Crippen molar-refractivity contribution in [1.82, 2.24) is 5.32 Å². The first-order valence-corrected chi connectivity index (χ1v) is 11.4. The molecule has 1 heterocycles. The third-order valence-corrected chi connectivity index (χ3v) is 6.28. The Bertz CT molecular complexity index is 1100. The normalized spacial score (nSPS) is 21.8. The van der Waals surface area contributed by atoms with E-state index in [0.29, 0.717) is 36.5 Å². The van der Waals surface area contributed by atoms with Gasteiger partial charge in [0.15, 0.2) is 5.78 Å². The van der Waals surface area contributed by atoms with Gasteiger partial charge in [0.05, 0.1) is 6.61 Å². The van der Waals surface area contributed by atoms with Gasteiger partial charge in [0.2, 0.25) is 0 Å². The molecular formula is C28H31NO4. The minimum Gasteiger partial charge on any atom is -0.489 e. The predicted molar refractivity (Wildman–Crippen MR) is 127 cm³/mol. The molecule has 1 N–H and O–H groups in total. The van der Waals surface area contributed by atoms with Crippen molar-refractivity contribution in [2.75, 3.05) is 6.61 Å². The molecule has 2 aromatic carbocycles. The molecule has 172 valence electrons. The Labute approximate surface area is 195 Å². The zero-order valence-corrected chi connectivity index (χ0v) is 19.5. The first-order chi connectivity index (χ1) is 15.8. The topological polar surface area (TPSA) is 64.6 Å². The van der Waals surface area contributed by atoms with Crippen LogP contribution in [0.4, 0.5) is 0 Å². The fraction of sp³-hybridized carbons (Fsp3) is 0.357. The van der Waals surface area contributed by atoms with E-state index in [1.165, 1.54) is 0 Å². The summed E-state index contributed by atoms with van der Waals surface area (Å²) in [5, 5.41) is 3.29. The second-order valence-corrected chi connectivity index (χ2v) is 9.50. The molecule has 1 aliphatic heterocycles. The van der Waals surface area contributed by atoms with Crippen LogP contribution in [-0.2, 0) is 20.9 Å². The fourth-order valence-electron chi connectivity index (χ4n) is 4.90. The molecular weight excluding hydrogens is 414 g/mol. The van der Waals surface area contributed by atoms with Crippen molar-refractivity contribution >= 4 is 11.8 Å². The molecule has 33 heavy (non-hydrogen) atoms. The quantitative estimate of drug-likeness (QED) is 0.612. The molecule has 0 fully saturated rings. The number of Topliss-reactive ketones (excluding diaryl/α,β-unsaturated/α-hetero) is 1. The van der Waals surface area contributed by atoms with Crippen LogP contribution >= 0.6 is 0 Å². The molecule has 2 unspecified atom stereocenters. The number of carbonyl (C=O) groups excluding carboxylic acids is 2. The van der Waals surface area contributed by atoms with E-state index in [1.54, 1.807) is 6.92 Å². The fourth-order valence-corrected chi connectivity index (χ4v) is 4.90. The Balaban J connectivity index is 1.80. The lowest BCUT2D eigenvalue weighted by atomic mass is 9.66. The van der Waals surface area contributed by atoms with Gasteiger partial charge in [0, 0.05) is 34.9 Å². The van der Waals surface area contributed by atoms with Gasteiger partial charge in [-0.3, -0.25) is 9.59 Å². The summed E-state index contributed by atoms with van der Waals surface area (Å²) in [4.78, 5) is 26.5. The van der Waals surface area contributed by atoms with Crippen LogP contribution in [0, 0.1) is 11.3 Å². The predicted octanol–water partition coefficient (Wildman–Crippen LogP) is 5.29. The largest absolute Gasteiger partial charge is 0.489 e. The van der Waals surface area contributed by atoms with E-state index < -0.39 is 11.8 Å². The van der Waals surface area contributed by atoms with Gasteiger partial charge in [-0.15, -0.1) is 0 Å². The standard InChI is InChI=1S/C28H31NO4/c1-5-32-27(31)24-18(2)29-21-15-28(3,4)16-22(30)26(21)25(24)20-13-9-10-14-23(20)33-17-19-11-7-6-8-12-19/h6-14,24-25,29H,2,5,15-17H2,1,3-4H3. The van der Waals surface area contributed by atoms with Crippen LogP contribution in [0.3, 0.4) is 0 Å². The summed E-state index contributed by atoms with van der Waals surface area (Å²) >= 11 is 0. The third-order valence-electron chi connectivity index (χ3n) is 6.28. The molecule has 4 rings (SSSR count). The van der Waals surface area contributed by atoms with Gasteiger partial charge in [-0.2, -0.15) is 0 Å². The number of hydrogen-bond acceptors (Lipinski definition) is 5. The summed E-state index contributed by atoms with van der Waals surface area (Å²) in [6.07, 6.45) is 1.14. The second-order valence-electron chi connectivity index (χ2n) is 9.50. The number of para-hydroxylation sites is 1. The van der Waals surface area contributed by atoms with Crippen LogP contribution in [0.15, 0.2) is 78.1 Å². The highest BCUT2D eigenvalue weighted by molar-refractivity contribution is 6.01. The Hall–Kier alpha value is -3.34. The summed E-state index contributed by atoms with van der Waals surface area (Å²) in [5.74, 6) is -0.904. The van der Waals surface area contributed by atoms with Gasteiger partial charge in [-0.1, -0.05) is 69.0 Å². The second kappa shape index (κ2) is 9.26. The minimum atomic E-state index is -0.713. The maximum atomic E-state index is 13.4. The van der Waals surface area contributed by atoms with Crippen molar-refractivity contribution in [3.8, 4) is 5.75 Å². The number of allylic oxidation sites excluding steroid dienone is 2. The number of esters is 1. The Morgan fingerprint density at radius 3 is 2.52 bits per heavy atom. The number of carbonyl (C=O) groups is 2. The summed E-state index contributed by atoms with van der Waals surface area (Å²) in [6.45, 7) is 10.8. The van der Waals surface area contributed by atoms with Crippen molar-refractivity contribution in [3.63, 3.8) is 0 Å². The lowest BCUT2D eigenvalue weighted by Gasteiger charge is -2.42. The average molecular weight is 446 g/mol. The summed E-state index contributed by atoms with van der Waals surface area (Å²) in [7, 11) is 0. The van der Waals surface area contributed by atoms with Crippen molar-refractivity contribution in [2.45, 2.75) is 46.1 Å². The maximum absolute atomic E-state index is 13.4. The Morgan fingerprint density at radius 1 is 1.09 bits per heavy atom. The molecule has 0 aromatic heterocycles. The van der Waals surface area contributed by atoms with E-state index in [1.807, 2.05) is 54.6 Å². The van der Waals surface area contributed by atoms with Crippen LogP contribution in [0.1, 0.15) is 50.7 Å². The van der Waals surface area contributed by atoms with E-state index in [-0.39, 0.29) is 23.8 Å². The lowest BCUT2D eigenvalue weighted by molar-refractivity contribution is -0.147. The number of rotatable bonds is 6. The smallest absolute Gasteiger partial charge is 0.315 e. The summed E-state index contributed by atoms with van der Waals surface area (Å²) in [6, 6.07) is 17.6. The van der Waals surface area contributed by atoms with Crippen LogP contribution in [-0.4, -0.2) is 18.4 Å². The van der Waals surface area contributed by atoms with Crippen LogP contribution in [0.5, 0.6) is 5.75 Å². The number of hydrogen-bond donors (Lipinski definition) is 1. The van der Waals surface area contributed by atoms with Gasteiger partial charge in [-0.25, -0.2) is 0 Å². The van der Waals surface area contributed by atoms with Crippen molar-refractivity contribution < 1.29 is 19.1 Å².